The van der Waals surface area contributed by atoms with Gasteiger partial charge >= 0.3 is 0 Å². The lowest BCUT2D eigenvalue weighted by atomic mass is 9.82. The Balaban J connectivity index is 1.26. The molecule has 2 fully saturated rings. The van der Waals surface area contributed by atoms with Crippen molar-refractivity contribution in [3.05, 3.63) is 71.9 Å². The molecule has 0 aliphatic carbocycles. The fraction of sp³-hybridized carbons (Fsp3) is 0.292. The SMILES string of the molecule is Cc1ccc(-n2nccn2)c(C(=O)N2CC[C@H]3CN(c4cnc5c(F)cccc5n4)[C@H]3C2)c1. The van der Waals surface area contributed by atoms with Crippen LogP contribution in [0.4, 0.5) is 10.2 Å². The van der Waals surface area contributed by atoms with Gasteiger partial charge < -0.3 is 9.80 Å². The smallest absolute Gasteiger partial charge is 0.256 e. The van der Waals surface area contributed by atoms with Gasteiger partial charge in [0.15, 0.2) is 5.82 Å². The van der Waals surface area contributed by atoms with Gasteiger partial charge in [0, 0.05) is 25.6 Å². The van der Waals surface area contributed by atoms with Gasteiger partial charge in [-0.05, 0) is 37.6 Å². The second-order valence-electron chi connectivity index (χ2n) is 8.69. The number of para-hydroxylation sites is 1. The standard InChI is InChI=1S/C24H22FN7O/c1-15-5-6-20(32-27-8-9-28-32)17(11-15)24(33)30-10-7-16-13-31(21(16)14-30)22-12-26-23-18(25)3-2-4-19(23)29-22/h2-6,8-9,11-12,16,21H,7,10,13-14H2,1H3/t16-,21-/m0/s1. The number of carbonyl (C=O) groups is 1. The molecule has 0 spiro atoms. The highest BCUT2D eigenvalue weighted by Gasteiger charge is 2.44. The number of rotatable bonds is 3. The lowest BCUT2D eigenvalue weighted by Gasteiger charge is -2.53. The van der Waals surface area contributed by atoms with Gasteiger partial charge in [0.2, 0.25) is 0 Å². The van der Waals surface area contributed by atoms with Gasteiger partial charge in [-0.3, -0.25) is 4.79 Å². The normalized spacial score (nSPS) is 19.9. The van der Waals surface area contributed by atoms with Crippen molar-refractivity contribution in [3.8, 4) is 5.69 Å². The summed E-state index contributed by atoms with van der Waals surface area (Å²) in [6.07, 6.45) is 5.76. The monoisotopic (exact) mass is 443 g/mol. The van der Waals surface area contributed by atoms with E-state index in [0.29, 0.717) is 35.8 Å². The van der Waals surface area contributed by atoms with Crippen molar-refractivity contribution >= 4 is 22.8 Å². The number of benzene rings is 2. The third-order valence-electron chi connectivity index (χ3n) is 6.66. The number of halogens is 1. The maximum Gasteiger partial charge on any atom is 0.256 e. The Bertz CT molecular complexity index is 1360. The second kappa shape index (κ2) is 7.61. The summed E-state index contributed by atoms with van der Waals surface area (Å²) in [4.78, 5) is 28.1. The van der Waals surface area contributed by atoms with Crippen molar-refractivity contribution in [2.75, 3.05) is 24.5 Å². The average Bonchev–Trinajstić information content (AvgIpc) is 3.34. The van der Waals surface area contributed by atoms with E-state index in [1.54, 1.807) is 30.7 Å². The van der Waals surface area contributed by atoms with E-state index >= 15 is 0 Å². The van der Waals surface area contributed by atoms with Crippen LogP contribution < -0.4 is 4.90 Å². The number of aromatic nitrogens is 5. The predicted molar refractivity (Wildman–Crippen MR) is 121 cm³/mol. The molecule has 166 valence electrons. The molecule has 0 N–H and O–H groups in total. The van der Waals surface area contributed by atoms with Crippen molar-refractivity contribution in [3.63, 3.8) is 0 Å². The van der Waals surface area contributed by atoms with Gasteiger partial charge in [0.25, 0.3) is 5.91 Å². The summed E-state index contributed by atoms with van der Waals surface area (Å²) in [5, 5.41) is 8.42. The summed E-state index contributed by atoms with van der Waals surface area (Å²) >= 11 is 0. The van der Waals surface area contributed by atoms with Crippen molar-refractivity contribution in [1.29, 1.82) is 0 Å². The number of hydrogen-bond acceptors (Lipinski definition) is 6. The molecule has 0 bridgehead atoms. The largest absolute Gasteiger partial charge is 0.350 e. The van der Waals surface area contributed by atoms with E-state index in [1.165, 1.54) is 10.9 Å². The van der Waals surface area contributed by atoms with E-state index in [2.05, 4.69) is 25.1 Å². The van der Waals surface area contributed by atoms with E-state index in [1.807, 2.05) is 30.0 Å². The summed E-state index contributed by atoms with van der Waals surface area (Å²) in [6.45, 7) is 4.15. The summed E-state index contributed by atoms with van der Waals surface area (Å²) in [5.41, 5.74) is 3.09. The van der Waals surface area contributed by atoms with Crippen LogP contribution in [0, 0.1) is 18.7 Å². The maximum absolute atomic E-state index is 14.0. The number of fused-ring (bicyclic) bond motifs is 2. The van der Waals surface area contributed by atoms with Gasteiger partial charge in [-0.2, -0.15) is 15.0 Å². The number of aryl methyl sites for hydroxylation is 1. The van der Waals surface area contributed by atoms with Gasteiger partial charge in [-0.15, -0.1) is 0 Å². The topological polar surface area (TPSA) is 80.0 Å². The predicted octanol–water partition coefficient (Wildman–Crippen LogP) is 3.01. The van der Waals surface area contributed by atoms with E-state index in [4.69, 9.17) is 0 Å². The lowest BCUT2D eigenvalue weighted by Crippen LogP contribution is -2.65. The molecule has 1 amide bonds. The van der Waals surface area contributed by atoms with Crippen LogP contribution in [-0.4, -0.2) is 61.4 Å². The number of nitrogens with zero attached hydrogens (tertiary/aromatic N) is 7. The molecule has 2 saturated heterocycles. The second-order valence-corrected chi connectivity index (χ2v) is 8.69. The van der Waals surface area contributed by atoms with Crippen molar-refractivity contribution in [1.82, 2.24) is 29.9 Å². The molecule has 0 saturated carbocycles. The Kier molecular flexibility index (Phi) is 4.56. The molecule has 2 aromatic heterocycles. The van der Waals surface area contributed by atoms with Gasteiger partial charge in [0.05, 0.1) is 41.4 Å². The molecule has 0 unspecified atom stereocenters. The fourth-order valence-corrected chi connectivity index (χ4v) is 4.89. The molecule has 8 nitrogen and oxygen atoms in total. The highest BCUT2D eigenvalue weighted by Crippen LogP contribution is 2.36. The zero-order valence-corrected chi connectivity index (χ0v) is 18.1. The Morgan fingerprint density at radius 1 is 1.12 bits per heavy atom. The summed E-state index contributed by atoms with van der Waals surface area (Å²) < 4.78 is 14.0. The van der Waals surface area contributed by atoms with E-state index < -0.39 is 0 Å². The highest BCUT2D eigenvalue weighted by atomic mass is 19.1. The molecule has 33 heavy (non-hydrogen) atoms. The Morgan fingerprint density at radius 3 is 2.82 bits per heavy atom. The number of amides is 1. The number of anilines is 1. The van der Waals surface area contributed by atoms with E-state index in [9.17, 15) is 9.18 Å². The third kappa shape index (κ3) is 3.31. The number of piperidine rings is 1. The Morgan fingerprint density at radius 2 is 1.97 bits per heavy atom. The molecule has 2 aromatic carbocycles. The van der Waals surface area contributed by atoms with Crippen LogP contribution in [0.15, 0.2) is 55.0 Å². The van der Waals surface area contributed by atoms with Crippen LogP contribution in [0.5, 0.6) is 0 Å². The number of hydrogen-bond donors (Lipinski definition) is 0. The number of likely N-dealkylation sites (tertiary alicyclic amines) is 1. The van der Waals surface area contributed by atoms with Crippen molar-refractivity contribution in [2.45, 2.75) is 19.4 Å². The van der Waals surface area contributed by atoms with Crippen molar-refractivity contribution < 1.29 is 9.18 Å². The van der Waals surface area contributed by atoms with Gasteiger partial charge in [0.1, 0.15) is 11.3 Å². The van der Waals surface area contributed by atoms with Crippen LogP contribution in [0.1, 0.15) is 22.3 Å². The van der Waals surface area contributed by atoms with Gasteiger partial charge in [-0.1, -0.05) is 17.7 Å². The molecular weight excluding hydrogens is 421 g/mol. The summed E-state index contributed by atoms with van der Waals surface area (Å²) in [5.74, 6) is 0.829. The van der Waals surface area contributed by atoms with E-state index in [-0.39, 0.29) is 23.3 Å². The van der Waals surface area contributed by atoms with Gasteiger partial charge in [-0.25, -0.2) is 14.4 Å². The van der Waals surface area contributed by atoms with Crippen LogP contribution in [0.3, 0.4) is 0 Å². The summed E-state index contributed by atoms with van der Waals surface area (Å²) in [7, 11) is 0. The molecule has 2 atom stereocenters. The minimum Gasteiger partial charge on any atom is -0.350 e. The first-order valence-electron chi connectivity index (χ1n) is 11.0. The zero-order chi connectivity index (χ0) is 22.5. The first kappa shape index (κ1) is 19.8. The first-order valence-corrected chi connectivity index (χ1v) is 11.0. The molecule has 4 heterocycles. The Labute approximate surface area is 189 Å². The van der Waals surface area contributed by atoms with Crippen LogP contribution in [-0.2, 0) is 0 Å². The quantitative estimate of drug-likeness (QED) is 0.484. The minimum atomic E-state index is -0.372. The first-order chi connectivity index (χ1) is 16.1. The third-order valence-corrected chi connectivity index (χ3v) is 6.66. The molecule has 2 aliphatic heterocycles. The zero-order valence-electron chi connectivity index (χ0n) is 18.1. The fourth-order valence-electron chi connectivity index (χ4n) is 4.89. The summed E-state index contributed by atoms with van der Waals surface area (Å²) in [6, 6.07) is 10.7. The molecule has 9 heteroatoms. The average molecular weight is 443 g/mol. The molecule has 0 radical (unpaired) electrons. The number of carbonyl (C=O) groups excluding carboxylic acids is 1. The van der Waals surface area contributed by atoms with E-state index in [0.717, 1.165) is 24.3 Å². The molecular formula is C24H22FN7O. The van der Waals surface area contributed by atoms with Crippen molar-refractivity contribution in [2.24, 2.45) is 5.92 Å². The highest BCUT2D eigenvalue weighted by molar-refractivity contribution is 5.98. The lowest BCUT2D eigenvalue weighted by molar-refractivity contribution is 0.0590. The van der Waals surface area contributed by atoms with Crippen LogP contribution in [0.2, 0.25) is 0 Å². The minimum absolute atomic E-state index is 0.0250. The van der Waals surface area contributed by atoms with Crippen LogP contribution >= 0.6 is 0 Å². The molecule has 4 aromatic rings. The Hall–Kier alpha value is -3.88. The molecule has 2 aliphatic rings. The van der Waals surface area contributed by atoms with Crippen LogP contribution in [0.25, 0.3) is 16.7 Å². The molecule has 6 rings (SSSR count). The maximum atomic E-state index is 14.0.